The zero-order valence-corrected chi connectivity index (χ0v) is 14.1. The lowest BCUT2D eigenvalue weighted by molar-refractivity contribution is -0.137. The third-order valence-corrected chi connectivity index (χ3v) is 3.72. The first-order valence-electron chi connectivity index (χ1n) is 7.74. The van der Waals surface area contributed by atoms with Crippen LogP contribution < -0.4 is 5.32 Å². The number of carbonyl (C=O) groups is 2. The first kappa shape index (κ1) is 17.4. The van der Waals surface area contributed by atoms with E-state index in [1.54, 1.807) is 12.1 Å². The maximum absolute atomic E-state index is 14.3. The van der Waals surface area contributed by atoms with E-state index in [4.69, 9.17) is 9.52 Å². The van der Waals surface area contributed by atoms with Crippen molar-refractivity contribution in [2.24, 2.45) is 0 Å². The van der Waals surface area contributed by atoms with Crippen LogP contribution in [0.3, 0.4) is 0 Å². The maximum Gasteiger partial charge on any atom is 0.323 e. The zero-order valence-electron chi connectivity index (χ0n) is 14.1. The van der Waals surface area contributed by atoms with Crippen LogP contribution in [-0.2, 0) is 4.79 Å². The molecule has 0 saturated carbocycles. The number of carboxylic acid groups (broad SMARTS) is 1. The van der Waals surface area contributed by atoms with Crippen LogP contribution in [0.4, 0.5) is 14.9 Å². The topological polar surface area (TPSA) is 95.7 Å². The van der Waals surface area contributed by atoms with Gasteiger partial charge in [0.1, 0.15) is 17.9 Å². The van der Waals surface area contributed by atoms with Crippen LogP contribution in [-0.4, -0.2) is 40.6 Å². The van der Waals surface area contributed by atoms with E-state index in [1.807, 2.05) is 19.1 Å². The second-order valence-electron chi connectivity index (χ2n) is 5.86. The van der Waals surface area contributed by atoms with Gasteiger partial charge in [-0.3, -0.25) is 4.79 Å². The molecule has 2 amide bonds. The highest BCUT2D eigenvalue weighted by Crippen LogP contribution is 2.27. The summed E-state index contributed by atoms with van der Waals surface area (Å²) in [6, 6.07) is 8.96. The number of nitrogens with zero attached hydrogens (tertiary/aromatic N) is 2. The summed E-state index contributed by atoms with van der Waals surface area (Å²) >= 11 is 0. The van der Waals surface area contributed by atoms with Gasteiger partial charge in [0.25, 0.3) is 0 Å². The second kappa shape index (κ2) is 6.83. The number of hydrogen-bond acceptors (Lipinski definition) is 4. The van der Waals surface area contributed by atoms with Crippen molar-refractivity contribution in [3.05, 3.63) is 47.8 Å². The van der Waals surface area contributed by atoms with Gasteiger partial charge >= 0.3 is 12.0 Å². The van der Waals surface area contributed by atoms with Crippen LogP contribution >= 0.6 is 0 Å². The van der Waals surface area contributed by atoms with E-state index in [9.17, 15) is 14.0 Å². The summed E-state index contributed by atoms with van der Waals surface area (Å²) in [5.41, 5.74) is 2.66. The van der Waals surface area contributed by atoms with Crippen molar-refractivity contribution in [3.63, 3.8) is 0 Å². The molecule has 2 aromatic carbocycles. The molecule has 0 radical (unpaired) electrons. The third-order valence-electron chi connectivity index (χ3n) is 3.72. The van der Waals surface area contributed by atoms with Crippen LogP contribution in [0.15, 0.2) is 40.8 Å². The van der Waals surface area contributed by atoms with Gasteiger partial charge in [-0.05, 0) is 42.8 Å². The van der Waals surface area contributed by atoms with E-state index in [0.29, 0.717) is 16.7 Å². The number of rotatable bonds is 4. The van der Waals surface area contributed by atoms with Gasteiger partial charge in [0, 0.05) is 12.6 Å². The van der Waals surface area contributed by atoms with Gasteiger partial charge in [0.2, 0.25) is 5.89 Å². The largest absolute Gasteiger partial charge is 0.480 e. The molecular formula is C18H16FN3O4. The predicted octanol–water partition coefficient (Wildman–Crippen LogP) is 3.49. The van der Waals surface area contributed by atoms with Gasteiger partial charge < -0.3 is 19.7 Å². The van der Waals surface area contributed by atoms with Gasteiger partial charge in [-0.1, -0.05) is 6.07 Å². The number of carboxylic acids is 1. The molecule has 0 aliphatic heterocycles. The number of nitrogens with one attached hydrogen (secondary N) is 1. The van der Waals surface area contributed by atoms with Gasteiger partial charge in [-0.15, -0.1) is 0 Å². The van der Waals surface area contributed by atoms with Crippen molar-refractivity contribution >= 4 is 28.8 Å². The second-order valence-corrected chi connectivity index (χ2v) is 5.86. The average molecular weight is 357 g/mol. The Morgan fingerprint density at radius 2 is 2.04 bits per heavy atom. The first-order valence-corrected chi connectivity index (χ1v) is 7.74. The van der Waals surface area contributed by atoms with Gasteiger partial charge in [0.15, 0.2) is 5.58 Å². The zero-order chi connectivity index (χ0) is 18.8. The summed E-state index contributed by atoms with van der Waals surface area (Å²) in [4.78, 5) is 27.7. The van der Waals surface area contributed by atoms with Crippen molar-refractivity contribution in [1.82, 2.24) is 9.88 Å². The quantitative estimate of drug-likeness (QED) is 0.745. The molecule has 0 bridgehead atoms. The fourth-order valence-corrected chi connectivity index (χ4v) is 2.40. The Morgan fingerprint density at radius 3 is 2.73 bits per heavy atom. The van der Waals surface area contributed by atoms with Crippen LogP contribution in [0.5, 0.6) is 0 Å². The molecular weight excluding hydrogens is 341 g/mol. The number of anilines is 1. The van der Waals surface area contributed by atoms with Crippen LogP contribution in [0.1, 0.15) is 5.56 Å². The molecule has 3 aromatic rings. The van der Waals surface area contributed by atoms with Crippen molar-refractivity contribution < 1.29 is 23.5 Å². The number of benzene rings is 2. The van der Waals surface area contributed by atoms with E-state index in [2.05, 4.69) is 10.3 Å². The fraction of sp³-hybridized carbons (Fsp3) is 0.167. The number of aromatic nitrogens is 1. The van der Waals surface area contributed by atoms with Gasteiger partial charge in [-0.2, -0.15) is 0 Å². The molecule has 26 heavy (non-hydrogen) atoms. The predicted molar refractivity (Wildman–Crippen MR) is 93.4 cm³/mol. The molecule has 0 unspecified atom stereocenters. The molecule has 0 fully saturated rings. The highest BCUT2D eigenvalue weighted by atomic mass is 19.1. The number of urea groups is 1. The minimum Gasteiger partial charge on any atom is -0.480 e. The summed E-state index contributed by atoms with van der Waals surface area (Å²) in [7, 11) is 1.30. The summed E-state index contributed by atoms with van der Waals surface area (Å²) < 4.78 is 20.0. The number of likely N-dealkylation sites (N-methyl/N-ethyl adjacent to an activating group) is 1. The molecule has 8 heteroatoms. The molecule has 7 nitrogen and oxygen atoms in total. The highest BCUT2D eigenvalue weighted by Gasteiger charge is 2.16. The van der Waals surface area contributed by atoms with Crippen molar-refractivity contribution in [3.8, 4) is 11.5 Å². The minimum atomic E-state index is -1.16. The van der Waals surface area contributed by atoms with E-state index in [0.717, 1.165) is 10.5 Å². The van der Waals surface area contributed by atoms with E-state index >= 15 is 0 Å². The van der Waals surface area contributed by atoms with Crippen LogP contribution in [0.2, 0.25) is 0 Å². The Balaban J connectivity index is 1.82. The molecule has 1 aromatic heterocycles. The van der Waals surface area contributed by atoms with Crippen LogP contribution in [0, 0.1) is 12.7 Å². The summed E-state index contributed by atoms with van der Waals surface area (Å²) in [6.45, 7) is 1.44. The Labute approximate surface area is 148 Å². The number of hydrogen-bond donors (Lipinski definition) is 2. The fourth-order valence-electron chi connectivity index (χ4n) is 2.40. The summed E-state index contributed by atoms with van der Waals surface area (Å²) in [6.07, 6.45) is 0. The normalized spacial score (nSPS) is 10.7. The number of oxazole rings is 1. The smallest absolute Gasteiger partial charge is 0.323 e. The number of aliphatic carboxylic acids is 1. The monoisotopic (exact) mass is 357 g/mol. The molecule has 0 aliphatic rings. The Hall–Kier alpha value is -3.42. The third kappa shape index (κ3) is 3.64. The van der Waals surface area contributed by atoms with E-state index in [1.165, 1.54) is 19.2 Å². The summed E-state index contributed by atoms with van der Waals surface area (Å²) in [5, 5.41) is 11.0. The molecule has 2 N–H and O–H groups in total. The maximum atomic E-state index is 14.3. The number of carbonyl (C=O) groups excluding carboxylic acids is 1. The Morgan fingerprint density at radius 1 is 1.27 bits per heavy atom. The molecule has 0 spiro atoms. The molecule has 0 aliphatic carbocycles. The summed E-state index contributed by atoms with van der Waals surface area (Å²) in [5.74, 6) is -1.58. The van der Waals surface area contributed by atoms with E-state index < -0.39 is 24.4 Å². The van der Waals surface area contributed by atoms with Crippen molar-refractivity contribution in [2.75, 3.05) is 18.9 Å². The van der Waals surface area contributed by atoms with Gasteiger partial charge in [0.05, 0.1) is 5.69 Å². The lowest BCUT2D eigenvalue weighted by atomic mass is 10.2. The minimum absolute atomic E-state index is 0.0667. The van der Waals surface area contributed by atoms with Crippen molar-refractivity contribution in [2.45, 2.75) is 6.92 Å². The lowest BCUT2D eigenvalue weighted by Crippen LogP contribution is -2.35. The molecule has 134 valence electrons. The Bertz CT molecular complexity index is 999. The Kier molecular flexibility index (Phi) is 4.57. The first-order chi connectivity index (χ1) is 12.3. The van der Waals surface area contributed by atoms with E-state index in [-0.39, 0.29) is 11.6 Å². The number of aryl methyl sites for hydroxylation is 1. The lowest BCUT2D eigenvalue weighted by Gasteiger charge is -2.16. The SMILES string of the molecule is Cc1ccc2oc(-c3ccc(NC(=O)N(C)CC(=O)O)c(F)c3)nc2c1. The van der Waals surface area contributed by atoms with Gasteiger partial charge in [-0.25, -0.2) is 14.2 Å². The van der Waals surface area contributed by atoms with Crippen molar-refractivity contribution in [1.29, 1.82) is 0 Å². The molecule has 0 saturated heterocycles. The molecule has 3 rings (SSSR count). The average Bonchev–Trinajstić information content (AvgIpc) is 2.99. The molecule has 1 heterocycles. The number of halogens is 1. The highest BCUT2D eigenvalue weighted by molar-refractivity contribution is 5.91. The standard InChI is InChI=1S/C18H16FN3O4/c1-10-3-6-15-14(7-10)20-17(26-15)11-4-5-13(12(19)8-11)21-18(25)22(2)9-16(23)24/h3-8H,9H2,1-2H3,(H,21,25)(H,23,24). The number of fused-ring (bicyclic) bond motifs is 1. The molecule has 0 atom stereocenters. The van der Waals surface area contributed by atoms with Crippen LogP contribution in [0.25, 0.3) is 22.6 Å². The number of amides is 2.